The molecule has 5 heteroatoms. The van der Waals surface area contributed by atoms with Crippen molar-refractivity contribution in [2.45, 2.75) is 13.3 Å². The van der Waals surface area contributed by atoms with Crippen LogP contribution in [0.1, 0.15) is 10.7 Å². The molecule has 0 aromatic carbocycles. The summed E-state index contributed by atoms with van der Waals surface area (Å²) in [6.45, 7) is 1.93. The van der Waals surface area contributed by atoms with Gasteiger partial charge in [0, 0.05) is 0 Å². The van der Waals surface area contributed by atoms with Crippen LogP contribution in [0, 0.1) is 6.92 Å². The van der Waals surface area contributed by atoms with Crippen LogP contribution >= 0.6 is 11.3 Å². The molecule has 0 spiro atoms. The molecule has 0 aliphatic rings. The first kappa shape index (κ1) is 9.25. The van der Waals surface area contributed by atoms with Gasteiger partial charge in [0.25, 0.3) is 0 Å². The van der Waals surface area contributed by atoms with Gasteiger partial charge in [-0.25, -0.2) is 4.98 Å². The smallest absolute Gasteiger partial charge is 0.311 e. The lowest BCUT2D eigenvalue weighted by Crippen LogP contribution is -2.12. The summed E-state index contributed by atoms with van der Waals surface area (Å²) in [5, 5.41) is 0.992. The fourth-order valence-corrected chi connectivity index (χ4v) is 1.78. The summed E-state index contributed by atoms with van der Waals surface area (Å²) in [6, 6.07) is 0. The minimum Gasteiger partial charge on any atom is -0.469 e. The molecule has 3 nitrogen and oxygen atoms in total. The highest BCUT2D eigenvalue weighted by molar-refractivity contribution is 7.19. The summed E-state index contributed by atoms with van der Waals surface area (Å²) < 4.78 is 5.64. The second kappa shape index (κ2) is 3.71. The van der Waals surface area contributed by atoms with Gasteiger partial charge in [-0.1, -0.05) is 0 Å². The summed E-state index contributed by atoms with van der Waals surface area (Å²) in [4.78, 5) is 15.1. The third-order valence-electron chi connectivity index (χ3n) is 1.54. The minimum atomic E-state index is -0.233. The Morgan fingerprint density at radius 3 is 2.83 bits per heavy atom. The standard InChI is InChI=1S/C7H10BNO2S/c1-4-9-5(7(8)12-4)3-6(10)11-2/h3,8H2,1-2H3. The Morgan fingerprint density at radius 1 is 1.75 bits per heavy atom. The van der Waals surface area contributed by atoms with Crippen molar-refractivity contribution in [1.82, 2.24) is 4.98 Å². The third kappa shape index (κ3) is 2.07. The second-order valence-corrected chi connectivity index (χ2v) is 3.90. The number of thiazole rings is 1. The number of nitrogens with zero attached hydrogens (tertiary/aromatic N) is 1. The first-order valence-corrected chi connectivity index (χ1v) is 4.45. The Labute approximate surface area is 76.2 Å². The van der Waals surface area contributed by atoms with E-state index in [1.54, 1.807) is 11.3 Å². The Kier molecular flexibility index (Phi) is 2.86. The summed E-state index contributed by atoms with van der Waals surface area (Å²) in [6.07, 6.45) is 0.284. The van der Waals surface area contributed by atoms with Crippen LogP contribution in [0.3, 0.4) is 0 Å². The van der Waals surface area contributed by atoms with Gasteiger partial charge in [-0.3, -0.25) is 4.79 Å². The average molecular weight is 183 g/mol. The van der Waals surface area contributed by atoms with E-state index in [-0.39, 0.29) is 12.4 Å². The van der Waals surface area contributed by atoms with E-state index in [4.69, 9.17) is 0 Å². The Balaban J connectivity index is 2.75. The maximum absolute atomic E-state index is 10.9. The van der Waals surface area contributed by atoms with Crippen molar-refractivity contribution in [2.24, 2.45) is 0 Å². The number of carbonyl (C=O) groups is 1. The summed E-state index contributed by atoms with van der Waals surface area (Å²) >= 11 is 1.60. The topological polar surface area (TPSA) is 39.2 Å². The largest absolute Gasteiger partial charge is 0.469 e. The summed E-state index contributed by atoms with van der Waals surface area (Å²) in [5.74, 6) is -0.233. The molecule has 64 valence electrons. The van der Waals surface area contributed by atoms with Gasteiger partial charge in [-0.05, 0) is 11.7 Å². The molecule has 1 heterocycles. The number of esters is 1. The van der Waals surface area contributed by atoms with Crippen LogP contribution in [0.2, 0.25) is 0 Å². The van der Waals surface area contributed by atoms with E-state index in [0.717, 1.165) is 15.5 Å². The number of hydrogen-bond donors (Lipinski definition) is 0. The van der Waals surface area contributed by atoms with Gasteiger partial charge in [0.05, 0.1) is 24.2 Å². The molecule has 0 aliphatic heterocycles. The highest BCUT2D eigenvalue weighted by Gasteiger charge is 2.09. The van der Waals surface area contributed by atoms with Crippen molar-refractivity contribution in [2.75, 3.05) is 7.11 Å². The highest BCUT2D eigenvalue weighted by atomic mass is 32.1. The lowest BCUT2D eigenvalue weighted by atomic mass is 10.0. The molecule has 12 heavy (non-hydrogen) atoms. The number of hydrogen-bond acceptors (Lipinski definition) is 4. The quantitative estimate of drug-likeness (QED) is 0.455. The number of methoxy groups -OCH3 is 1. The molecule has 1 aromatic rings. The van der Waals surface area contributed by atoms with Crippen molar-refractivity contribution in [3.05, 3.63) is 10.7 Å². The van der Waals surface area contributed by atoms with Crippen LogP contribution < -0.4 is 4.78 Å². The van der Waals surface area contributed by atoms with E-state index < -0.39 is 0 Å². The number of carbonyl (C=O) groups excluding carboxylic acids is 1. The maximum atomic E-state index is 10.9. The van der Waals surface area contributed by atoms with E-state index >= 15 is 0 Å². The summed E-state index contributed by atoms with van der Waals surface area (Å²) in [5.41, 5.74) is 0.837. The van der Waals surface area contributed by atoms with Crippen LogP contribution in [0.4, 0.5) is 0 Å². The van der Waals surface area contributed by atoms with Crippen molar-refractivity contribution in [3.8, 4) is 0 Å². The zero-order valence-corrected chi connectivity index (χ0v) is 8.20. The molecule has 0 unspecified atom stereocenters. The predicted octanol–water partition coefficient (Wildman–Crippen LogP) is -0.575. The lowest BCUT2D eigenvalue weighted by Gasteiger charge is -1.95. The zero-order valence-electron chi connectivity index (χ0n) is 7.38. The first-order valence-electron chi connectivity index (χ1n) is 3.63. The number of rotatable bonds is 2. The van der Waals surface area contributed by atoms with Gasteiger partial charge in [0.2, 0.25) is 0 Å². The molecule has 0 N–H and O–H groups in total. The van der Waals surface area contributed by atoms with Crippen molar-refractivity contribution in [3.63, 3.8) is 0 Å². The average Bonchev–Trinajstić information content (AvgIpc) is 2.30. The predicted molar refractivity (Wildman–Crippen MR) is 50.7 cm³/mol. The lowest BCUT2D eigenvalue weighted by molar-refractivity contribution is -0.139. The number of aryl methyl sites for hydroxylation is 1. The van der Waals surface area contributed by atoms with Gasteiger partial charge in [-0.2, -0.15) is 0 Å². The van der Waals surface area contributed by atoms with Gasteiger partial charge in [0.15, 0.2) is 7.85 Å². The van der Waals surface area contributed by atoms with Crippen molar-refractivity contribution >= 4 is 29.9 Å². The van der Waals surface area contributed by atoms with Crippen molar-refractivity contribution < 1.29 is 9.53 Å². The van der Waals surface area contributed by atoms with Crippen LogP contribution in [0.15, 0.2) is 0 Å². The monoisotopic (exact) mass is 183 g/mol. The fraction of sp³-hybridized carbons (Fsp3) is 0.429. The molecule has 0 saturated heterocycles. The Bertz CT molecular complexity index is 298. The molecule has 1 aromatic heterocycles. The van der Waals surface area contributed by atoms with E-state index in [9.17, 15) is 4.79 Å². The van der Waals surface area contributed by atoms with Crippen LogP contribution in [-0.2, 0) is 16.0 Å². The number of aromatic nitrogens is 1. The molecule has 0 radical (unpaired) electrons. The van der Waals surface area contributed by atoms with E-state index in [0.29, 0.717) is 0 Å². The molecule has 0 fully saturated rings. The zero-order chi connectivity index (χ0) is 9.14. The Hall–Kier alpha value is -0.835. The van der Waals surface area contributed by atoms with E-state index in [1.165, 1.54) is 7.11 Å². The SMILES string of the molecule is Bc1sc(C)nc1CC(=O)OC. The maximum Gasteiger partial charge on any atom is 0.311 e. The molecule has 0 aliphatic carbocycles. The van der Waals surface area contributed by atoms with Crippen LogP contribution in [-0.4, -0.2) is 25.9 Å². The second-order valence-electron chi connectivity index (χ2n) is 2.49. The minimum absolute atomic E-state index is 0.233. The number of ether oxygens (including phenoxy) is 1. The van der Waals surface area contributed by atoms with Gasteiger partial charge in [0.1, 0.15) is 0 Å². The molecule has 0 saturated carbocycles. The summed E-state index contributed by atoms with van der Waals surface area (Å²) in [7, 11) is 3.35. The van der Waals surface area contributed by atoms with Gasteiger partial charge >= 0.3 is 5.97 Å². The molecular formula is C7H10BNO2S. The molecular weight excluding hydrogens is 173 g/mol. The first-order chi connectivity index (χ1) is 5.63. The highest BCUT2D eigenvalue weighted by Crippen LogP contribution is 2.04. The van der Waals surface area contributed by atoms with Gasteiger partial charge < -0.3 is 4.74 Å². The van der Waals surface area contributed by atoms with E-state index in [2.05, 4.69) is 9.72 Å². The molecule has 0 amide bonds. The fourth-order valence-electron chi connectivity index (χ4n) is 0.945. The van der Waals surface area contributed by atoms with Gasteiger partial charge in [-0.15, -0.1) is 11.3 Å². The van der Waals surface area contributed by atoms with E-state index in [1.807, 2.05) is 14.8 Å². The van der Waals surface area contributed by atoms with Crippen LogP contribution in [0.5, 0.6) is 0 Å². The third-order valence-corrected chi connectivity index (χ3v) is 2.47. The van der Waals surface area contributed by atoms with Crippen molar-refractivity contribution in [1.29, 1.82) is 0 Å². The molecule has 0 bridgehead atoms. The molecule has 0 atom stereocenters. The normalized spacial score (nSPS) is 9.83. The molecule has 1 rings (SSSR count). The Morgan fingerprint density at radius 2 is 2.42 bits per heavy atom. The van der Waals surface area contributed by atoms with Crippen LogP contribution in [0.25, 0.3) is 0 Å².